The summed E-state index contributed by atoms with van der Waals surface area (Å²) in [6.07, 6.45) is 3.47. The van der Waals surface area contributed by atoms with Gasteiger partial charge >= 0.3 is 0 Å². The molecule has 0 bridgehead atoms. The minimum absolute atomic E-state index is 0.0333. The van der Waals surface area contributed by atoms with E-state index in [1.807, 2.05) is 0 Å². The zero-order valence-electron chi connectivity index (χ0n) is 9.75. The zero-order chi connectivity index (χ0) is 10.6. The quantitative estimate of drug-likeness (QED) is 0.735. The van der Waals surface area contributed by atoms with Crippen LogP contribution < -0.4 is 5.73 Å². The summed E-state index contributed by atoms with van der Waals surface area (Å²) in [5.41, 5.74) is 5.88. The van der Waals surface area contributed by atoms with Gasteiger partial charge in [-0.15, -0.1) is 0 Å². The number of nitrogens with two attached hydrogens (primary N) is 1. The number of rotatable bonds is 2. The monoisotopic (exact) mass is 200 g/mol. The third-order valence-electron chi connectivity index (χ3n) is 2.55. The van der Waals surface area contributed by atoms with E-state index in [0.29, 0.717) is 6.04 Å². The highest BCUT2D eigenvalue weighted by molar-refractivity contribution is 4.70. The molecule has 0 aromatic rings. The Morgan fingerprint density at radius 1 is 1.29 bits per heavy atom. The van der Waals surface area contributed by atoms with Crippen molar-refractivity contribution in [3.05, 3.63) is 0 Å². The lowest BCUT2D eigenvalue weighted by atomic mass is 10.1. The third kappa shape index (κ3) is 4.94. The molecule has 1 heterocycles. The van der Waals surface area contributed by atoms with Crippen LogP contribution in [0.25, 0.3) is 0 Å². The van der Waals surface area contributed by atoms with E-state index in [2.05, 4.69) is 25.7 Å². The van der Waals surface area contributed by atoms with Gasteiger partial charge in [0, 0.05) is 19.1 Å². The SMILES string of the molecule is CC(C)(C)OCN1CCCC(N)CC1. The maximum atomic E-state index is 5.91. The fraction of sp³-hybridized carbons (Fsp3) is 1.00. The molecule has 1 aliphatic heterocycles. The van der Waals surface area contributed by atoms with Crippen LogP contribution in [0.15, 0.2) is 0 Å². The van der Waals surface area contributed by atoms with Crippen molar-refractivity contribution in [3.8, 4) is 0 Å². The first-order valence-corrected chi connectivity index (χ1v) is 5.59. The molecule has 14 heavy (non-hydrogen) atoms. The Morgan fingerprint density at radius 2 is 2.00 bits per heavy atom. The Labute approximate surface area is 87.6 Å². The van der Waals surface area contributed by atoms with Crippen molar-refractivity contribution in [2.75, 3.05) is 19.8 Å². The summed E-state index contributed by atoms with van der Waals surface area (Å²) >= 11 is 0. The molecular formula is C11H24N2O. The summed E-state index contributed by atoms with van der Waals surface area (Å²) in [5, 5.41) is 0. The van der Waals surface area contributed by atoms with Crippen molar-refractivity contribution in [1.82, 2.24) is 4.90 Å². The van der Waals surface area contributed by atoms with Gasteiger partial charge in [-0.25, -0.2) is 0 Å². The van der Waals surface area contributed by atoms with Crippen molar-refractivity contribution in [3.63, 3.8) is 0 Å². The van der Waals surface area contributed by atoms with Crippen LogP contribution in [-0.4, -0.2) is 36.4 Å². The molecule has 0 spiro atoms. The number of likely N-dealkylation sites (tertiary alicyclic amines) is 1. The molecule has 1 atom stereocenters. The van der Waals surface area contributed by atoms with E-state index in [9.17, 15) is 0 Å². The Balaban J connectivity index is 2.24. The Morgan fingerprint density at radius 3 is 2.64 bits per heavy atom. The number of hydrogen-bond donors (Lipinski definition) is 1. The standard InChI is InChI=1S/C11H24N2O/c1-11(2,3)14-9-13-7-4-5-10(12)6-8-13/h10H,4-9,12H2,1-3H3. The lowest BCUT2D eigenvalue weighted by Gasteiger charge is -2.26. The Bertz CT molecular complexity index is 165. The molecule has 0 saturated carbocycles. The number of ether oxygens (including phenoxy) is 1. The van der Waals surface area contributed by atoms with Gasteiger partial charge in [-0.1, -0.05) is 0 Å². The molecule has 3 nitrogen and oxygen atoms in total. The van der Waals surface area contributed by atoms with Crippen LogP contribution in [-0.2, 0) is 4.74 Å². The van der Waals surface area contributed by atoms with Gasteiger partial charge in [-0.05, 0) is 40.0 Å². The maximum absolute atomic E-state index is 5.91. The minimum Gasteiger partial charge on any atom is -0.360 e. The van der Waals surface area contributed by atoms with Gasteiger partial charge in [-0.2, -0.15) is 0 Å². The Hall–Kier alpha value is -0.120. The highest BCUT2D eigenvalue weighted by atomic mass is 16.5. The van der Waals surface area contributed by atoms with Crippen molar-refractivity contribution < 1.29 is 4.74 Å². The van der Waals surface area contributed by atoms with Gasteiger partial charge < -0.3 is 10.5 Å². The first kappa shape index (κ1) is 12.0. The highest BCUT2D eigenvalue weighted by Crippen LogP contribution is 2.12. The van der Waals surface area contributed by atoms with Gasteiger partial charge in [0.15, 0.2) is 0 Å². The minimum atomic E-state index is -0.0333. The number of nitrogens with zero attached hydrogens (tertiary/aromatic N) is 1. The second kappa shape index (κ2) is 5.10. The van der Waals surface area contributed by atoms with E-state index in [0.717, 1.165) is 32.7 Å². The molecule has 0 aliphatic carbocycles. The second-order valence-corrected chi connectivity index (χ2v) is 5.19. The van der Waals surface area contributed by atoms with Crippen LogP contribution in [0.1, 0.15) is 40.0 Å². The fourth-order valence-electron chi connectivity index (χ4n) is 1.60. The molecule has 84 valence electrons. The second-order valence-electron chi connectivity index (χ2n) is 5.19. The summed E-state index contributed by atoms with van der Waals surface area (Å²) in [4.78, 5) is 2.36. The van der Waals surface area contributed by atoms with E-state index in [-0.39, 0.29) is 5.60 Å². The van der Waals surface area contributed by atoms with Crippen molar-refractivity contribution in [2.45, 2.75) is 51.7 Å². The molecule has 0 radical (unpaired) electrons. The summed E-state index contributed by atoms with van der Waals surface area (Å²) in [6.45, 7) is 9.24. The summed E-state index contributed by atoms with van der Waals surface area (Å²) in [5.74, 6) is 0. The van der Waals surface area contributed by atoms with Crippen molar-refractivity contribution in [2.24, 2.45) is 5.73 Å². The molecule has 0 aromatic heterocycles. The molecule has 1 unspecified atom stereocenters. The van der Waals surface area contributed by atoms with Crippen LogP contribution in [0.2, 0.25) is 0 Å². The molecule has 3 heteroatoms. The first-order chi connectivity index (χ1) is 6.47. The Kier molecular flexibility index (Phi) is 4.35. The first-order valence-electron chi connectivity index (χ1n) is 5.59. The van der Waals surface area contributed by atoms with E-state index >= 15 is 0 Å². The van der Waals surface area contributed by atoms with Crippen LogP contribution in [0.4, 0.5) is 0 Å². The van der Waals surface area contributed by atoms with Gasteiger partial charge in [0.05, 0.1) is 12.3 Å². The third-order valence-corrected chi connectivity index (χ3v) is 2.55. The predicted molar refractivity (Wildman–Crippen MR) is 59.1 cm³/mol. The molecule has 1 fully saturated rings. The molecular weight excluding hydrogens is 176 g/mol. The lowest BCUT2D eigenvalue weighted by Crippen LogP contribution is -2.33. The van der Waals surface area contributed by atoms with E-state index in [4.69, 9.17) is 10.5 Å². The van der Waals surface area contributed by atoms with Gasteiger partial charge in [0.1, 0.15) is 0 Å². The van der Waals surface area contributed by atoms with Gasteiger partial charge in [0.25, 0.3) is 0 Å². The summed E-state index contributed by atoms with van der Waals surface area (Å²) < 4.78 is 5.74. The molecule has 1 rings (SSSR count). The maximum Gasteiger partial charge on any atom is 0.0997 e. The normalized spacial score (nSPS) is 26.1. The molecule has 0 amide bonds. The van der Waals surface area contributed by atoms with Crippen LogP contribution in [0, 0.1) is 0 Å². The van der Waals surface area contributed by atoms with E-state index in [1.165, 1.54) is 6.42 Å². The lowest BCUT2D eigenvalue weighted by molar-refractivity contribution is -0.0624. The van der Waals surface area contributed by atoms with Crippen LogP contribution >= 0.6 is 0 Å². The zero-order valence-corrected chi connectivity index (χ0v) is 9.75. The smallest absolute Gasteiger partial charge is 0.0997 e. The fourth-order valence-corrected chi connectivity index (χ4v) is 1.60. The highest BCUT2D eigenvalue weighted by Gasteiger charge is 2.16. The van der Waals surface area contributed by atoms with Crippen LogP contribution in [0.5, 0.6) is 0 Å². The topological polar surface area (TPSA) is 38.5 Å². The molecule has 1 saturated heterocycles. The largest absolute Gasteiger partial charge is 0.360 e. The van der Waals surface area contributed by atoms with Gasteiger partial charge in [0.2, 0.25) is 0 Å². The van der Waals surface area contributed by atoms with Crippen molar-refractivity contribution >= 4 is 0 Å². The van der Waals surface area contributed by atoms with Crippen molar-refractivity contribution in [1.29, 1.82) is 0 Å². The molecule has 2 N–H and O–H groups in total. The predicted octanol–water partition coefficient (Wildman–Crippen LogP) is 1.57. The molecule has 0 aromatic carbocycles. The van der Waals surface area contributed by atoms with E-state index < -0.39 is 0 Å². The van der Waals surface area contributed by atoms with E-state index in [1.54, 1.807) is 0 Å². The summed E-state index contributed by atoms with van der Waals surface area (Å²) in [7, 11) is 0. The van der Waals surface area contributed by atoms with Gasteiger partial charge in [-0.3, -0.25) is 4.90 Å². The number of hydrogen-bond acceptors (Lipinski definition) is 3. The average Bonchev–Trinajstić information content (AvgIpc) is 2.25. The molecule has 1 aliphatic rings. The van der Waals surface area contributed by atoms with Crippen LogP contribution in [0.3, 0.4) is 0 Å². The average molecular weight is 200 g/mol. The summed E-state index contributed by atoms with van der Waals surface area (Å²) in [6, 6.07) is 0.398.